The lowest BCUT2D eigenvalue weighted by Gasteiger charge is -2.13. The molecule has 5 nitrogen and oxygen atoms in total. The van der Waals surface area contributed by atoms with Crippen molar-refractivity contribution in [3.05, 3.63) is 56.7 Å². The monoisotopic (exact) mass is 427 g/mol. The number of rotatable bonds is 7. The Morgan fingerprint density at radius 2 is 2.03 bits per heavy atom. The highest BCUT2D eigenvalue weighted by molar-refractivity contribution is 7.99. The first-order valence-corrected chi connectivity index (χ1v) is 12.0. The zero-order chi connectivity index (χ0) is 20.2. The highest BCUT2D eigenvalue weighted by Gasteiger charge is 2.22. The van der Waals surface area contributed by atoms with Gasteiger partial charge in [0.2, 0.25) is 5.91 Å². The van der Waals surface area contributed by atoms with E-state index in [-0.39, 0.29) is 17.2 Å². The highest BCUT2D eigenvalue weighted by Crippen LogP contribution is 2.34. The van der Waals surface area contributed by atoms with Crippen molar-refractivity contribution in [1.29, 1.82) is 0 Å². The van der Waals surface area contributed by atoms with Crippen LogP contribution in [0.2, 0.25) is 0 Å². The molecule has 0 radical (unpaired) electrons. The minimum atomic E-state index is -0.0251. The number of amides is 1. The van der Waals surface area contributed by atoms with Crippen LogP contribution in [0.15, 0.2) is 40.3 Å². The Morgan fingerprint density at radius 1 is 1.24 bits per heavy atom. The molecular formula is C22H25N3O2S2. The molecule has 2 heterocycles. The molecule has 3 aromatic rings. The Bertz CT molecular complexity index is 1070. The average Bonchev–Trinajstić information content (AvgIpc) is 3.12. The van der Waals surface area contributed by atoms with Crippen molar-refractivity contribution < 1.29 is 4.79 Å². The Labute approximate surface area is 178 Å². The number of fused-ring (bicyclic) bond motifs is 3. The van der Waals surface area contributed by atoms with Gasteiger partial charge in [-0.05, 0) is 43.2 Å². The number of hydrogen-bond acceptors (Lipinski definition) is 5. The van der Waals surface area contributed by atoms with Gasteiger partial charge in [-0.2, -0.15) is 0 Å². The number of aryl methyl sites for hydroxylation is 2. The van der Waals surface area contributed by atoms with Gasteiger partial charge >= 0.3 is 0 Å². The summed E-state index contributed by atoms with van der Waals surface area (Å²) >= 11 is 3.00. The third kappa shape index (κ3) is 4.41. The van der Waals surface area contributed by atoms with E-state index in [9.17, 15) is 9.59 Å². The minimum Gasteiger partial charge on any atom is -0.355 e. The van der Waals surface area contributed by atoms with Crippen molar-refractivity contribution in [3.63, 3.8) is 0 Å². The maximum absolute atomic E-state index is 13.5. The van der Waals surface area contributed by atoms with Gasteiger partial charge in [0.15, 0.2) is 5.16 Å². The predicted molar refractivity (Wildman–Crippen MR) is 120 cm³/mol. The zero-order valence-corrected chi connectivity index (χ0v) is 18.2. The van der Waals surface area contributed by atoms with E-state index in [1.807, 2.05) is 37.3 Å². The van der Waals surface area contributed by atoms with E-state index in [1.54, 1.807) is 15.9 Å². The summed E-state index contributed by atoms with van der Waals surface area (Å²) in [4.78, 5) is 32.6. The number of benzene rings is 1. The van der Waals surface area contributed by atoms with Crippen LogP contribution in [0.25, 0.3) is 10.2 Å². The lowest BCUT2D eigenvalue weighted by atomic mass is 9.97. The number of hydrogen-bond donors (Lipinski definition) is 1. The molecule has 1 aromatic carbocycles. The Balaban J connectivity index is 1.74. The van der Waals surface area contributed by atoms with E-state index in [0.29, 0.717) is 18.2 Å². The summed E-state index contributed by atoms with van der Waals surface area (Å²) in [6, 6.07) is 9.95. The van der Waals surface area contributed by atoms with Gasteiger partial charge in [0.25, 0.3) is 5.56 Å². The zero-order valence-electron chi connectivity index (χ0n) is 16.6. The van der Waals surface area contributed by atoms with E-state index in [2.05, 4.69) is 5.32 Å². The van der Waals surface area contributed by atoms with Crippen LogP contribution in [0.5, 0.6) is 0 Å². The molecule has 7 heteroatoms. The first-order valence-electron chi connectivity index (χ1n) is 10.2. The number of carbonyl (C=O) groups is 1. The first kappa shape index (κ1) is 20.2. The van der Waals surface area contributed by atoms with Crippen LogP contribution in [-0.4, -0.2) is 27.8 Å². The van der Waals surface area contributed by atoms with Gasteiger partial charge < -0.3 is 5.32 Å². The number of nitrogens with one attached hydrogen (secondary N) is 1. The van der Waals surface area contributed by atoms with Crippen molar-refractivity contribution in [1.82, 2.24) is 14.9 Å². The minimum absolute atomic E-state index is 0.0229. The van der Waals surface area contributed by atoms with E-state index < -0.39 is 0 Å². The molecule has 29 heavy (non-hydrogen) atoms. The van der Waals surface area contributed by atoms with E-state index in [1.165, 1.54) is 28.6 Å². The van der Waals surface area contributed by atoms with Crippen molar-refractivity contribution in [2.75, 3.05) is 12.3 Å². The second kappa shape index (κ2) is 9.13. The molecule has 0 bridgehead atoms. The molecule has 1 aliphatic rings. The van der Waals surface area contributed by atoms with Gasteiger partial charge in [-0.1, -0.05) is 49.0 Å². The van der Waals surface area contributed by atoms with Crippen molar-refractivity contribution in [3.8, 4) is 0 Å². The molecule has 0 aliphatic heterocycles. The summed E-state index contributed by atoms with van der Waals surface area (Å²) in [6.45, 7) is 3.16. The third-order valence-electron chi connectivity index (χ3n) is 5.13. The summed E-state index contributed by atoms with van der Waals surface area (Å²) < 4.78 is 1.75. The quantitative estimate of drug-likeness (QED) is 0.457. The van der Waals surface area contributed by atoms with E-state index in [0.717, 1.165) is 41.5 Å². The summed E-state index contributed by atoms with van der Waals surface area (Å²) in [7, 11) is 0. The summed E-state index contributed by atoms with van der Waals surface area (Å²) in [5.41, 5.74) is 2.28. The van der Waals surface area contributed by atoms with Crippen LogP contribution >= 0.6 is 23.1 Å². The van der Waals surface area contributed by atoms with Crippen LogP contribution in [-0.2, 0) is 24.2 Å². The topological polar surface area (TPSA) is 64.0 Å². The third-order valence-corrected chi connectivity index (χ3v) is 7.29. The molecule has 1 aliphatic carbocycles. The Hall–Kier alpha value is -2.12. The van der Waals surface area contributed by atoms with Crippen LogP contribution in [0.4, 0.5) is 0 Å². The van der Waals surface area contributed by atoms with Crippen LogP contribution in [0, 0.1) is 0 Å². The molecule has 0 atom stereocenters. The fourth-order valence-corrected chi connectivity index (χ4v) is 5.81. The normalized spacial score (nSPS) is 13.4. The molecule has 1 N–H and O–H groups in total. The smallest absolute Gasteiger partial charge is 0.263 e. The fraction of sp³-hybridized carbons (Fsp3) is 0.409. The number of nitrogens with zero attached hydrogens (tertiary/aromatic N) is 2. The Morgan fingerprint density at radius 3 is 2.83 bits per heavy atom. The van der Waals surface area contributed by atoms with Gasteiger partial charge in [0.1, 0.15) is 4.83 Å². The standard InChI is InChI=1S/C22H25N3O2S2/c1-2-12-23-18(26)14-28-22-24-20-19(16-10-6-7-11-17(16)29-20)21(27)25(22)13-15-8-4-3-5-9-15/h3-5,8-9H,2,6-7,10-14H2,1H3,(H,23,26). The summed E-state index contributed by atoms with van der Waals surface area (Å²) in [5.74, 6) is 0.237. The number of thioether (sulfide) groups is 1. The molecule has 4 rings (SSSR count). The average molecular weight is 428 g/mol. The lowest BCUT2D eigenvalue weighted by molar-refractivity contribution is -0.118. The fourth-order valence-electron chi connectivity index (χ4n) is 3.68. The summed E-state index contributed by atoms with van der Waals surface area (Å²) in [6.07, 6.45) is 5.21. The largest absolute Gasteiger partial charge is 0.355 e. The number of thiophene rings is 1. The molecule has 0 fully saturated rings. The van der Waals surface area contributed by atoms with Gasteiger partial charge in [-0.3, -0.25) is 14.2 Å². The SMILES string of the molecule is CCCNC(=O)CSc1nc2sc3c(c2c(=O)n1Cc1ccccc1)CCCC3. The molecule has 2 aromatic heterocycles. The molecule has 0 unspecified atom stereocenters. The number of aromatic nitrogens is 2. The molecule has 1 amide bonds. The second-order valence-electron chi connectivity index (χ2n) is 7.30. The lowest BCUT2D eigenvalue weighted by Crippen LogP contribution is -2.27. The molecule has 152 valence electrons. The van der Waals surface area contributed by atoms with Crippen molar-refractivity contribution in [2.24, 2.45) is 0 Å². The maximum Gasteiger partial charge on any atom is 0.263 e. The maximum atomic E-state index is 13.5. The van der Waals surface area contributed by atoms with Crippen molar-refractivity contribution >= 4 is 39.2 Å². The molecule has 0 saturated heterocycles. The predicted octanol–water partition coefficient (Wildman–Crippen LogP) is 4.00. The van der Waals surface area contributed by atoms with Gasteiger partial charge in [-0.25, -0.2) is 4.98 Å². The van der Waals surface area contributed by atoms with Crippen LogP contribution < -0.4 is 10.9 Å². The number of carbonyl (C=O) groups excluding carboxylic acids is 1. The van der Waals surface area contributed by atoms with Gasteiger partial charge in [0, 0.05) is 11.4 Å². The summed E-state index contributed by atoms with van der Waals surface area (Å²) in [5, 5.41) is 4.30. The van der Waals surface area contributed by atoms with Gasteiger partial charge in [-0.15, -0.1) is 11.3 Å². The van der Waals surface area contributed by atoms with Gasteiger partial charge in [0.05, 0.1) is 17.7 Å². The second-order valence-corrected chi connectivity index (χ2v) is 9.33. The molecule has 0 saturated carbocycles. The molecule has 0 spiro atoms. The van der Waals surface area contributed by atoms with Crippen molar-refractivity contribution in [2.45, 2.75) is 50.7 Å². The van der Waals surface area contributed by atoms with Crippen LogP contribution in [0.3, 0.4) is 0 Å². The first-order chi connectivity index (χ1) is 14.2. The Kier molecular flexibility index (Phi) is 6.35. The highest BCUT2D eigenvalue weighted by atomic mass is 32.2. The van der Waals surface area contributed by atoms with E-state index in [4.69, 9.17) is 4.98 Å². The van der Waals surface area contributed by atoms with Crippen LogP contribution in [0.1, 0.15) is 42.2 Å². The molecular weight excluding hydrogens is 402 g/mol. The van der Waals surface area contributed by atoms with E-state index >= 15 is 0 Å².